The van der Waals surface area contributed by atoms with Gasteiger partial charge in [0.15, 0.2) is 0 Å². The molecule has 0 saturated heterocycles. The Hall–Kier alpha value is -1.62. The summed E-state index contributed by atoms with van der Waals surface area (Å²) >= 11 is 0. The minimum atomic E-state index is -0.174. The molecule has 1 N–H and O–H groups in total. The number of rotatable bonds is 8. The van der Waals surface area contributed by atoms with Crippen LogP contribution >= 0.6 is 0 Å². The van der Waals surface area contributed by atoms with Gasteiger partial charge in [0, 0.05) is 26.9 Å². The van der Waals surface area contributed by atoms with Crippen molar-refractivity contribution < 1.29 is 9.53 Å². The van der Waals surface area contributed by atoms with Gasteiger partial charge in [-0.2, -0.15) is 0 Å². The monoisotopic (exact) mass is 279 g/mol. The first-order chi connectivity index (χ1) is 9.70. The SMILES string of the molecule is CCCCCNC(=O)N(C)[C@@H](COC)c1ccccn1. The maximum absolute atomic E-state index is 12.1. The Balaban J connectivity index is 2.59. The Morgan fingerprint density at radius 3 is 2.85 bits per heavy atom. The molecule has 0 saturated carbocycles. The molecule has 2 amide bonds. The van der Waals surface area contributed by atoms with E-state index >= 15 is 0 Å². The quantitative estimate of drug-likeness (QED) is 0.744. The van der Waals surface area contributed by atoms with E-state index in [1.807, 2.05) is 18.2 Å². The topological polar surface area (TPSA) is 54.5 Å². The lowest BCUT2D eigenvalue weighted by molar-refractivity contribution is 0.114. The smallest absolute Gasteiger partial charge is 0.317 e. The molecule has 112 valence electrons. The summed E-state index contributed by atoms with van der Waals surface area (Å²) in [6.07, 6.45) is 5.01. The molecule has 0 aliphatic heterocycles. The summed E-state index contributed by atoms with van der Waals surface area (Å²) in [5.74, 6) is 0. The van der Waals surface area contributed by atoms with Crippen molar-refractivity contribution in [2.45, 2.75) is 32.2 Å². The van der Waals surface area contributed by atoms with Crippen molar-refractivity contribution in [2.24, 2.45) is 0 Å². The number of amides is 2. The van der Waals surface area contributed by atoms with Crippen molar-refractivity contribution in [3.05, 3.63) is 30.1 Å². The van der Waals surface area contributed by atoms with Gasteiger partial charge < -0.3 is 15.0 Å². The number of carbonyl (C=O) groups is 1. The molecule has 0 spiro atoms. The third kappa shape index (κ3) is 5.17. The first-order valence-corrected chi connectivity index (χ1v) is 7.11. The molecule has 1 aromatic rings. The van der Waals surface area contributed by atoms with E-state index in [1.54, 1.807) is 25.3 Å². The number of nitrogens with one attached hydrogen (secondary N) is 1. The van der Waals surface area contributed by atoms with Crippen LogP contribution in [0.5, 0.6) is 0 Å². The van der Waals surface area contributed by atoms with Gasteiger partial charge in [0.2, 0.25) is 0 Å². The van der Waals surface area contributed by atoms with E-state index in [-0.39, 0.29) is 12.1 Å². The van der Waals surface area contributed by atoms with Crippen LogP contribution in [0.25, 0.3) is 0 Å². The summed E-state index contributed by atoms with van der Waals surface area (Å²) in [6.45, 7) is 3.28. The first-order valence-electron chi connectivity index (χ1n) is 7.11. The van der Waals surface area contributed by atoms with Crippen molar-refractivity contribution in [1.29, 1.82) is 0 Å². The van der Waals surface area contributed by atoms with Crippen LogP contribution in [-0.4, -0.2) is 43.2 Å². The predicted octanol–water partition coefficient (Wildman–Crippen LogP) is 2.60. The van der Waals surface area contributed by atoms with E-state index in [2.05, 4.69) is 17.2 Å². The Labute approximate surface area is 121 Å². The largest absolute Gasteiger partial charge is 0.382 e. The first kappa shape index (κ1) is 16.4. The number of unbranched alkanes of at least 4 members (excludes halogenated alkanes) is 2. The van der Waals surface area contributed by atoms with Crippen LogP contribution < -0.4 is 5.32 Å². The molecule has 0 aliphatic carbocycles. The molecule has 0 radical (unpaired) electrons. The van der Waals surface area contributed by atoms with E-state index in [1.165, 1.54) is 0 Å². The maximum atomic E-state index is 12.1. The van der Waals surface area contributed by atoms with Crippen LogP contribution in [0.2, 0.25) is 0 Å². The fourth-order valence-corrected chi connectivity index (χ4v) is 1.96. The molecule has 0 bridgehead atoms. The Bertz CT molecular complexity index is 384. The summed E-state index contributed by atoms with van der Waals surface area (Å²) in [5.41, 5.74) is 0.834. The number of urea groups is 1. The molecular formula is C15H25N3O2. The van der Waals surface area contributed by atoms with E-state index in [9.17, 15) is 4.79 Å². The lowest BCUT2D eigenvalue weighted by Gasteiger charge is -2.27. The van der Waals surface area contributed by atoms with Gasteiger partial charge in [-0.15, -0.1) is 0 Å². The molecule has 0 unspecified atom stereocenters. The Morgan fingerprint density at radius 1 is 1.45 bits per heavy atom. The average molecular weight is 279 g/mol. The summed E-state index contributed by atoms with van der Waals surface area (Å²) in [5, 5.41) is 2.93. The number of ether oxygens (including phenoxy) is 1. The second kappa shape index (κ2) is 9.31. The number of hydrogen-bond acceptors (Lipinski definition) is 3. The molecule has 20 heavy (non-hydrogen) atoms. The van der Waals surface area contributed by atoms with Crippen molar-refractivity contribution in [1.82, 2.24) is 15.2 Å². The van der Waals surface area contributed by atoms with Gasteiger partial charge in [-0.3, -0.25) is 4.98 Å². The third-order valence-electron chi connectivity index (χ3n) is 3.20. The fourth-order valence-electron chi connectivity index (χ4n) is 1.96. The van der Waals surface area contributed by atoms with Crippen LogP contribution in [0.3, 0.4) is 0 Å². The van der Waals surface area contributed by atoms with E-state index < -0.39 is 0 Å². The summed E-state index contributed by atoms with van der Waals surface area (Å²) in [4.78, 5) is 18.1. The van der Waals surface area contributed by atoms with Crippen LogP contribution in [0.1, 0.15) is 37.9 Å². The lowest BCUT2D eigenvalue weighted by Crippen LogP contribution is -2.41. The van der Waals surface area contributed by atoms with Crippen LogP contribution in [0.4, 0.5) is 4.79 Å². The second-order valence-corrected chi connectivity index (χ2v) is 4.78. The molecule has 1 aromatic heterocycles. The second-order valence-electron chi connectivity index (χ2n) is 4.78. The molecule has 1 heterocycles. The van der Waals surface area contributed by atoms with Gasteiger partial charge in [0.25, 0.3) is 0 Å². The minimum absolute atomic E-state index is 0.0891. The fraction of sp³-hybridized carbons (Fsp3) is 0.600. The molecule has 0 fully saturated rings. The summed E-state index contributed by atoms with van der Waals surface area (Å²) in [6, 6.07) is 5.42. The van der Waals surface area contributed by atoms with Gasteiger partial charge in [-0.1, -0.05) is 25.8 Å². The molecule has 0 aromatic carbocycles. The van der Waals surface area contributed by atoms with Crippen LogP contribution in [0, 0.1) is 0 Å². The Morgan fingerprint density at radius 2 is 2.25 bits per heavy atom. The maximum Gasteiger partial charge on any atom is 0.317 e. The van der Waals surface area contributed by atoms with E-state index in [0.717, 1.165) is 25.0 Å². The van der Waals surface area contributed by atoms with Crippen LogP contribution in [0.15, 0.2) is 24.4 Å². The molecule has 5 heteroatoms. The van der Waals surface area contributed by atoms with Gasteiger partial charge >= 0.3 is 6.03 Å². The van der Waals surface area contributed by atoms with Crippen LogP contribution in [-0.2, 0) is 4.74 Å². The predicted molar refractivity (Wildman–Crippen MR) is 79.5 cm³/mol. The number of nitrogens with zero attached hydrogens (tertiary/aromatic N) is 2. The molecule has 5 nitrogen and oxygen atoms in total. The highest BCUT2D eigenvalue weighted by atomic mass is 16.5. The number of carbonyl (C=O) groups excluding carboxylic acids is 1. The highest BCUT2D eigenvalue weighted by Gasteiger charge is 2.22. The third-order valence-corrected chi connectivity index (χ3v) is 3.20. The van der Waals surface area contributed by atoms with Crippen molar-refractivity contribution in [2.75, 3.05) is 27.3 Å². The number of methoxy groups -OCH3 is 1. The Kier molecular flexibility index (Phi) is 7.65. The van der Waals surface area contributed by atoms with Gasteiger partial charge in [0.05, 0.1) is 18.3 Å². The van der Waals surface area contributed by atoms with Gasteiger partial charge in [0.1, 0.15) is 0 Å². The van der Waals surface area contributed by atoms with Gasteiger partial charge in [-0.25, -0.2) is 4.79 Å². The summed E-state index contributed by atoms with van der Waals surface area (Å²) < 4.78 is 5.21. The molecule has 0 aliphatic rings. The highest BCUT2D eigenvalue weighted by molar-refractivity contribution is 5.74. The summed E-state index contributed by atoms with van der Waals surface area (Å²) in [7, 11) is 3.40. The number of hydrogen-bond donors (Lipinski definition) is 1. The van der Waals surface area contributed by atoms with E-state index in [0.29, 0.717) is 13.2 Å². The zero-order valence-corrected chi connectivity index (χ0v) is 12.6. The minimum Gasteiger partial charge on any atom is -0.382 e. The molecule has 1 atom stereocenters. The average Bonchev–Trinajstić information content (AvgIpc) is 2.49. The highest BCUT2D eigenvalue weighted by Crippen LogP contribution is 2.17. The van der Waals surface area contributed by atoms with Crippen molar-refractivity contribution in [3.8, 4) is 0 Å². The number of likely N-dealkylation sites (N-methyl/N-ethyl adjacent to an activating group) is 1. The van der Waals surface area contributed by atoms with Gasteiger partial charge in [-0.05, 0) is 18.6 Å². The number of pyridine rings is 1. The van der Waals surface area contributed by atoms with Crippen molar-refractivity contribution in [3.63, 3.8) is 0 Å². The zero-order valence-electron chi connectivity index (χ0n) is 12.6. The van der Waals surface area contributed by atoms with E-state index in [4.69, 9.17) is 4.74 Å². The molecular weight excluding hydrogens is 254 g/mol. The number of aromatic nitrogens is 1. The van der Waals surface area contributed by atoms with Crippen molar-refractivity contribution >= 4 is 6.03 Å². The normalized spacial score (nSPS) is 11.9. The molecule has 1 rings (SSSR count). The zero-order chi connectivity index (χ0) is 14.8. The lowest BCUT2D eigenvalue weighted by atomic mass is 10.2. The standard InChI is InChI=1S/C15H25N3O2/c1-4-5-7-11-17-15(19)18(2)14(12-20-3)13-9-6-8-10-16-13/h6,8-10,14H,4-5,7,11-12H2,1-3H3,(H,17,19)/t14-/m0/s1.